The monoisotopic (exact) mass is 254 g/mol. The molecule has 1 heterocycles. The largest absolute Gasteiger partial charge is 0.314 e. The normalized spacial score (nSPS) is 20.8. The Bertz CT molecular complexity index is 550. The Morgan fingerprint density at radius 2 is 2.00 bits per heavy atom. The van der Waals surface area contributed by atoms with Gasteiger partial charge in [-0.25, -0.2) is 0 Å². The summed E-state index contributed by atoms with van der Waals surface area (Å²) in [5.41, 5.74) is 1.46. The molecule has 2 heteroatoms. The molecule has 2 aromatic carbocycles. The molecule has 1 atom stereocenters. The maximum Gasteiger partial charge on any atom is 0.0221 e. The van der Waals surface area contributed by atoms with Gasteiger partial charge < -0.3 is 10.2 Å². The van der Waals surface area contributed by atoms with E-state index in [4.69, 9.17) is 0 Å². The quantitative estimate of drug-likeness (QED) is 0.906. The fraction of sp³-hybridized carbons (Fsp3) is 0.412. The summed E-state index contributed by atoms with van der Waals surface area (Å²) in [5, 5.41) is 6.18. The number of rotatable bonds is 3. The Kier molecular flexibility index (Phi) is 3.81. The van der Waals surface area contributed by atoms with Gasteiger partial charge in [0.15, 0.2) is 0 Å². The highest BCUT2D eigenvalue weighted by Gasteiger charge is 2.17. The molecule has 1 fully saturated rings. The molecule has 19 heavy (non-hydrogen) atoms. The maximum absolute atomic E-state index is 3.49. The van der Waals surface area contributed by atoms with Crippen LogP contribution >= 0.6 is 0 Å². The molecule has 0 bridgehead atoms. The number of likely N-dealkylation sites (N-methyl/N-ethyl adjacent to an activating group) is 1. The van der Waals surface area contributed by atoms with Gasteiger partial charge in [0.25, 0.3) is 0 Å². The Hall–Kier alpha value is -1.38. The average molecular weight is 254 g/mol. The van der Waals surface area contributed by atoms with Gasteiger partial charge in [0.05, 0.1) is 0 Å². The molecule has 0 aliphatic carbocycles. The first-order chi connectivity index (χ1) is 9.33. The molecule has 0 amide bonds. The summed E-state index contributed by atoms with van der Waals surface area (Å²) in [4.78, 5) is 2.48. The average Bonchev–Trinajstić information content (AvgIpc) is 2.46. The van der Waals surface area contributed by atoms with Crippen LogP contribution < -0.4 is 5.32 Å². The first-order valence-electron chi connectivity index (χ1n) is 7.21. The number of nitrogens with zero attached hydrogens (tertiary/aromatic N) is 1. The van der Waals surface area contributed by atoms with Crippen molar-refractivity contribution in [3.05, 3.63) is 48.0 Å². The smallest absolute Gasteiger partial charge is 0.0221 e. The fourth-order valence-electron chi connectivity index (χ4n) is 2.91. The number of hydrogen-bond donors (Lipinski definition) is 1. The van der Waals surface area contributed by atoms with Crippen LogP contribution in [-0.2, 0) is 6.42 Å². The second-order valence-electron chi connectivity index (χ2n) is 5.56. The summed E-state index contributed by atoms with van der Waals surface area (Å²) < 4.78 is 0. The van der Waals surface area contributed by atoms with E-state index in [9.17, 15) is 0 Å². The zero-order valence-electron chi connectivity index (χ0n) is 11.6. The molecular weight excluding hydrogens is 232 g/mol. The van der Waals surface area contributed by atoms with Gasteiger partial charge in [-0.3, -0.25) is 0 Å². The van der Waals surface area contributed by atoms with E-state index in [0.29, 0.717) is 6.04 Å². The zero-order chi connectivity index (χ0) is 13.1. The number of benzene rings is 2. The molecule has 1 unspecified atom stereocenters. The molecule has 0 radical (unpaired) electrons. The lowest BCUT2D eigenvalue weighted by atomic mass is 10.0. The SMILES string of the molecule is CN1CCNCC1CCc1ccc2ccccc2c1. The number of hydrogen-bond acceptors (Lipinski definition) is 2. The van der Waals surface area contributed by atoms with Crippen molar-refractivity contribution in [3.8, 4) is 0 Å². The molecule has 0 spiro atoms. The van der Waals surface area contributed by atoms with Crippen molar-refractivity contribution in [3.63, 3.8) is 0 Å². The highest BCUT2D eigenvalue weighted by atomic mass is 15.2. The molecule has 1 aliphatic heterocycles. The Morgan fingerprint density at radius 3 is 2.84 bits per heavy atom. The molecule has 100 valence electrons. The summed E-state index contributed by atoms with van der Waals surface area (Å²) in [7, 11) is 2.24. The molecule has 1 saturated heterocycles. The maximum atomic E-state index is 3.49. The molecule has 2 nitrogen and oxygen atoms in total. The van der Waals surface area contributed by atoms with Crippen molar-refractivity contribution in [1.82, 2.24) is 10.2 Å². The highest BCUT2D eigenvalue weighted by Crippen LogP contribution is 2.18. The van der Waals surface area contributed by atoms with Gasteiger partial charge in [-0.15, -0.1) is 0 Å². The van der Waals surface area contributed by atoms with Gasteiger partial charge in [0, 0.05) is 25.7 Å². The minimum absolute atomic E-state index is 0.681. The van der Waals surface area contributed by atoms with Crippen molar-refractivity contribution in [2.45, 2.75) is 18.9 Å². The van der Waals surface area contributed by atoms with Crippen molar-refractivity contribution in [1.29, 1.82) is 0 Å². The van der Waals surface area contributed by atoms with Gasteiger partial charge >= 0.3 is 0 Å². The molecular formula is C17H22N2. The van der Waals surface area contributed by atoms with Crippen LogP contribution in [0.4, 0.5) is 0 Å². The van der Waals surface area contributed by atoms with Crippen LogP contribution in [0.25, 0.3) is 10.8 Å². The highest BCUT2D eigenvalue weighted by molar-refractivity contribution is 5.82. The van der Waals surface area contributed by atoms with Gasteiger partial charge in [0.1, 0.15) is 0 Å². The number of piperazine rings is 1. The van der Waals surface area contributed by atoms with Crippen LogP contribution in [0.3, 0.4) is 0 Å². The second kappa shape index (κ2) is 5.72. The third-order valence-corrected chi connectivity index (χ3v) is 4.22. The van der Waals surface area contributed by atoms with Crippen LogP contribution in [0.5, 0.6) is 0 Å². The summed E-state index contributed by atoms with van der Waals surface area (Å²) in [6.07, 6.45) is 2.41. The van der Waals surface area contributed by atoms with E-state index in [0.717, 1.165) is 13.1 Å². The van der Waals surface area contributed by atoms with Gasteiger partial charge in [-0.2, -0.15) is 0 Å². The van der Waals surface area contributed by atoms with Crippen LogP contribution in [0.15, 0.2) is 42.5 Å². The first-order valence-corrected chi connectivity index (χ1v) is 7.21. The van der Waals surface area contributed by atoms with E-state index in [1.807, 2.05) is 0 Å². The van der Waals surface area contributed by atoms with Crippen LogP contribution in [-0.4, -0.2) is 37.6 Å². The van der Waals surface area contributed by atoms with Crippen molar-refractivity contribution in [2.24, 2.45) is 0 Å². The molecule has 2 aromatic rings. The predicted octanol–water partition coefficient (Wildman–Crippen LogP) is 2.68. The summed E-state index contributed by atoms with van der Waals surface area (Å²) >= 11 is 0. The van der Waals surface area contributed by atoms with Crippen molar-refractivity contribution in [2.75, 3.05) is 26.7 Å². The van der Waals surface area contributed by atoms with E-state index >= 15 is 0 Å². The Morgan fingerprint density at radius 1 is 1.16 bits per heavy atom. The van der Waals surface area contributed by atoms with E-state index in [-0.39, 0.29) is 0 Å². The lowest BCUT2D eigenvalue weighted by Crippen LogP contribution is -2.49. The van der Waals surface area contributed by atoms with Crippen LogP contribution in [0, 0.1) is 0 Å². The third-order valence-electron chi connectivity index (χ3n) is 4.22. The topological polar surface area (TPSA) is 15.3 Å². The van der Waals surface area contributed by atoms with Gasteiger partial charge in [-0.05, 0) is 36.2 Å². The molecule has 1 N–H and O–H groups in total. The number of aryl methyl sites for hydroxylation is 1. The van der Waals surface area contributed by atoms with E-state index < -0.39 is 0 Å². The Labute approximate surface area is 115 Å². The summed E-state index contributed by atoms with van der Waals surface area (Å²) in [6, 6.07) is 16.1. The fourth-order valence-corrected chi connectivity index (χ4v) is 2.91. The minimum Gasteiger partial charge on any atom is -0.314 e. The van der Waals surface area contributed by atoms with E-state index in [2.05, 4.69) is 59.7 Å². The van der Waals surface area contributed by atoms with Gasteiger partial charge in [0.2, 0.25) is 0 Å². The second-order valence-corrected chi connectivity index (χ2v) is 5.56. The van der Waals surface area contributed by atoms with Crippen molar-refractivity contribution < 1.29 is 0 Å². The van der Waals surface area contributed by atoms with Gasteiger partial charge in [-0.1, -0.05) is 42.5 Å². The zero-order valence-corrected chi connectivity index (χ0v) is 11.6. The predicted molar refractivity (Wildman–Crippen MR) is 81.6 cm³/mol. The van der Waals surface area contributed by atoms with Crippen LogP contribution in [0.2, 0.25) is 0 Å². The van der Waals surface area contributed by atoms with E-state index in [1.165, 1.54) is 35.7 Å². The molecule has 0 aromatic heterocycles. The molecule has 0 saturated carbocycles. The molecule has 3 rings (SSSR count). The number of nitrogens with one attached hydrogen (secondary N) is 1. The summed E-state index contributed by atoms with van der Waals surface area (Å²) in [5.74, 6) is 0. The Balaban J connectivity index is 1.67. The number of fused-ring (bicyclic) bond motifs is 1. The lowest BCUT2D eigenvalue weighted by molar-refractivity contribution is 0.191. The minimum atomic E-state index is 0.681. The standard InChI is InChI=1S/C17H22N2/c1-19-11-10-18-13-17(19)9-7-14-6-8-15-4-2-3-5-16(15)12-14/h2-6,8,12,17-18H,7,9-11,13H2,1H3. The van der Waals surface area contributed by atoms with Crippen LogP contribution in [0.1, 0.15) is 12.0 Å². The lowest BCUT2D eigenvalue weighted by Gasteiger charge is -2.33. The van der Waals surface area contributed by atoms with E-state index in [1.54, 1.807) is 0 Å². The third kappa shape index (κ3) is 2.96. The summed E-state index contributed by atoms with van der Waals surface area (Å²) in [6.45, 7) is 3.43. The van der Waals surface area contributed by atoms with Crippen molar-refractivity contribution >= 4 is 10.8 Å². The molecule has 1 aliphatic rings. The first kappa shape index (κ1) is 12.6.